The van der Waals surface area contributed by atoms with Crippen LogP contribution in [0.15, 0.2) is 18.3 Å². The van der Waals surface area contributed by atoms with E-state index in [1.807, 2.05) is 0 Å². The van der Waals surface area contributed by atoms with Crippen LogP contribution in [-0.4, -0.2) is 48.6 Å². The van der Waals surface area contributed by atoms with Crippen LogP contribution >= 0.6 is 0 Å². The van der Waals surface area contributed by atoms with Gasteiger partial charge in [-0.1, -0.05) is 19.3 Å². The number of amides is 1. The second kappa shape index (κ2) is 10.1. The lowest BCUT2D eigenvalue weighted by Gasteiger charge is -2.21. The minimum Gasteiger partial charge on any atom is -0.489 e. The molecule has 0 atom stereocenters. The summed E-state index contributed by atoms with van der Waals surface area (Å²) in [4.78, 5) is 27.9. The monoisotopic (exact) mass is 451 g/mol. The number of pyridine rings is 1. The van der Waals surface area contributed by atoms with Crippen LogP contribution in [0.1, 0.15) is 61.6 Å². The molecule has 0 aliphatic heterocycles. The van der Waals surface area contributed by atoms with Gasteiger partial charge < -0.3 is 9.47 Å². The molecule has 1 amide bonds. The van der Waals surface area contributed by atoms with Gasteiger partial charge in [-0.25, -0.2) is 18.1 Å². The summed E-state index contributed by atoms with van der Waals surface area (Å²) in [5.41, 5.74) is 1.02. The molecule has 10 heteroatoms. The molecule has 9 nitrogen and oxygen atoms in total. The number of carbonyl (C=O) groups is 2. The van der Waals surface area contributed by atoms with Gasteiger partial charge in [0.1, 0.15) is 5.69 Å². The predicted molar refractivity (Wildman–Crippen MR) is 115 cm³/mol. The van der Waals surface area contributed by atoms with Crippen LogP contribution in [0.5, 0.6) is 5.75 Å². The summed E-state index contributed by atoms with van der Waals surface area (Å²) in [7, 11) is -3.89. The van der Waals surface area contributed by atoms with Gasteiger partial charge >= 0.3 is 5.97 Å². The van der Waals surface area contributed by atoms with Crippen molar-refractivity contribution in [1.82, 2.24) is 14.1 Å². The van der Waals surface area contributed by atoms with E-state index in [1.54, 1.807) is 29.7 Å². The lowest BCUT2D eigenvalue weighted by Crippen LogP contribution is -2.34. The second-order valence-corrected chi connectivity index (χ2v) is 9.71. The van der Waals surface area contributed by atoms with E-state index in [1.165, 1.54) is 26.2 Å². The lowest BCUT2D eigenvalue weighted by atomic mass is 9.90. The summed E-state index contributed by atoms with van der Waals surface area (Å²) in [6.07, 6.45) is 7.77. The van der Waals surface area contributed by atoms with Crippen molar-refractivity contribution >= 4 is 27.5 Å². The smallest absolute Gasteiger partial charge is 0.302 e. The van der Waals surface area contributed by atoms with E-state index in [0.717, 1.165) is 12.8 Å². The number of sulfonamides is 1. The van der Waals surface area contributed by atoms with Gasteiger partial charge in [0, 0.05) is 13.1 Å². The summed E-state index contributed by atoms with van der Waals surface area (Å²) < 4.78 is 38.9. The Morgan fingerprint density at radius 3 is 2.71 bits per heavy atom. The van der Waals surface area contributed by atoms with Gasteiger partial charge in [-0.05, 0) is 44.2 Å². The quantitative estimate of drug-likeness (QED) is 0.460. The molecule has 1 N–H and O–H groups in total. The SMILES string of the molecule is CC(=O)OCCCS(=O)(=O)NC(=O)c1c(C)nc2c(OCC3CCCCC3)cccn12. The van der Waals surface area contributed by atoms with Crippen LogP contribution in [0.25, 0.3) is 5.65 Å². The zero-order valence-corrected chi connectivity index (χ0v) is 18.7. The highest BCUT2D eigenvalue weighted by molar-refractivity contribution is 7.90. The number of hydrogen-bond acceptors (Lipinski definition) is 7. The van der Waals surface area contributed by atoms with Crippen LogP contribution in [-0.2, 0) is 19.6 Å². The van der Waals surface area contributed by atoms with Crippen molar-refractivity contribution in [3.05, 3.63) is 29.7 Å². The Labute approximate surface area is 182 Å². The lowest BCUT2D eigenvalue weighted by molar-refractivity contribution is -0.140. The first-order valence-electron chi connectivity index (χ1n) is 10.6. The topological polar surface area (TPSA) is 116 Å². The van der Waals surface area contributed by atoms with Crippen molar-refractivity contribution < 1.29 is 27.5 Å². The van der Waals surface area contributed by atoms with Gasteiger partial charge in [0.05, 0.1) is 24.7 Å². The highest BCUT2D eigenvalue weighted by Crippen LogP contribution is 2.27. The molecule has 1 aliphatic carbocycles. The first kappa shape index (κ1) is 23.1. The van der Waals surface area contributed by atoms with E-state index in [0.29, 0.717) is 29.6 Å². The maximum atomic E-state index is 12.7. The van der Waals surface area contributed by atoms with Crippen LogP contribution in [0.4, 0.5) is 0 Å². The summed E-state index contributed by atoms with van der Waals surface area (Å²) in [5.74, 6) is -0.493. The van der Waals surface area contributed by atoms with Gasteiger partial charge in [-0.15, -0.1) is 0 Å². The molecule has 1 saturated carbocycles. The maximum Gasteiger partial charge on any atom is 0.302 e. The van der Waals surface area contributed by atoms with E-state index < -0.39 is 21.9 Å². The number of rotatable bonds is 9. The van der Waals surface area contributed by atoms with Crippen molar-refractivity contribution in [3.8, 4) is 5.75 Å². The third kappa shape index (κ3) is 6.19. The number of ether oxygens (including phenoxy) is 2. The predicted octanol–water partition coefficient (Wildman–Crippen LogP) is 2.61. The molecule has 0 aromatic carbocycles. The van der Waals surface area contributed by atoms with E-state index >= 15 is 0 Å². The van der Waals surface area contributed by atoms with Gasteiger partial charge in [-0.3, -0.25) is 14.0 Å². The molecule has 3 rings (SSSR count). The standard InChI is InChI=1S/C21H29N3O6S/c1-15-19(21(26)23-31(27,28)13-7-12-29-16(2)25)24-11-6-10-18(20(24)22-15)30-14-17-8-4-3-5-9-17/h6,10-11,17H,3-5,7-9,12-14H2,1-2H3,(H,23,26). The molecule has 1 aliphatic rings. The largest absolute Gasteiger partial charge is 0.489 e. The average Bonchev–Trinajstić information content (AvgIpc) is 3.06. The van der Waals surface area contributed by atoms with Crippen molar-refractivity contribution in [1.29, 1.82) is 0 Å². The first-order valence-corrected chi connectivity index (χ1v) is 12.2. The fraction of sp³-hybridized carbons (Fsp3) is 0.571. The summed E-state index contributed by atoms with van der Waals surface area (Å²) in [6.45, 7) is 3.47. The molecule has 31 heavy (non-hydrogen) atoms. The highest BCUT2D eigenvalue weighted by Gasteiger charge is 2.23. The molecular weight excluding hydrogens is 422 g/mol. The third-order valence-electron chi connectivity index (χ3n) is 5.31. The highest BCUT2D eigenvalue weighted by atomic mass is 32.2. The number of nitrogens with zero attached hydrogens (tertiary/aromatic N) is 2. The molecule has 0 radical (unpaired) electrons. The van der Waals surface area contributed by atoms with Gasteiger partial charge in [0.15, 0.2) is 11.4 Å². The first-order chi connectivity index (χ1) is 14.8. The Balaban J connectivity index is 1.70. The van der Waals surface area contributed by atoms with Gasteiger partial charge in [0.25, 0.3) is 5.91 Å². The van der Waals surface area contributed by atoms with Crippen molar-refractivity contribution in [2.45, 2.75) is 52.4 Å². The van der Waals surface area contributed by atoms with E-state index in [4.69, 9.17) is 9.47 Å². The molecule has 0 unspecified atom stereocenters. The minimum atomic E-state index is -3.89. The molecule has 1 fully saturated rings. The average molecular weight is 452 g/mol. The number of nitrogens with one attached hydrogen (secondary N) is 1. The normalized spacial score (nSPS) is 15.0. The van der Waals surface area contributed by atoms with Crippen LogP contribution in [0.3, 0.4) is 0 Å². The zero-order chi connectivity index (χ0) is 22.4. The second-order valence-electron chi connectivity index (χ2n) is 7.87. The zero-order valence-electron chi connectivity index (χ0n) is 17.9. The van der Waals surface area contributed by atoms with Crippen molar-refractivity contribution in [2.24, 2.45) is 5.92 Å². The van der Waals surface area contributed by atoms with Crippen LogP contribution < -0.4 is 9.46 Å². The molecule has 0 saturated heterocycles. The number of hydrogen-bond donors (Lipinski definition) is 1. The van der Waals surface area contributed by atoms with Crippen molar-refractivity contribution in [2.75, 3.05) is 19.0 Å². The maximum absolute atomic E-state index is 12.7. The number of imidazole rings is 1. The van der Waals surface area contributed by atoms with Crippen molar-refractivity contribution in [3.63, 3.8) is 0 Å². The molecule has 0 spiro atoms. The Bertz CT molecular complexity index is 1040. The summed E-state index contributed by atoms with van der Waals surface area (Å²) in [5, 5.41) is 0. The third-order valence-corrected chi connectivity index (χ3v) is 6.64. The number of carbonyl (C=O) groups excluding carboxylic acids is 2. The molecule has 170 valence electrons. The van der Waals surface area contributed by atoms with Gasteiger partial charge in [-0.2, -0.15) is 0 Å². The Hall–Kier alpha value is -2.62. The Morgan fingerprint density at radius 1 is 1.26 bits per heavy atom. The van der Waals surface area contributed by atoms with Gasteiger partial charge in [0.2, 0.25) is 10.0 Å². The number of fused-ring (bicyclic) bond motifs is 1. The van der Waals surface area contributed by atoms with E-state index in [2.05, 4.69) is 9.71 Å². The molecular formula is C21H29N3O6S. The Morgan fingerprint density at radius 2 is 2.00 bits per heavy atom. The minimum absolute atomic E-state index is 0.0270. The molecule has 2 aromatic heterocycles. The fourth-order valence-electron chi connectivity index (χ4n) is 3.81. The van der Waals surface area contributed by atoms with E-state index in [9.17, 15) is 18.0 Å². The molecule has 2 aromatic rings. The number of esters is 1. The summed E-state index contributed by atoms with van der Waals surface area (Å²) >= 11 is 0. The Kier molecular flexibility index (Phi) is 7.53. The molecule has 2 heterocycles. The number of aromatic nitrogens is 2. The van der Waals surface area contributed by atoms with E-state index in [-0.39, 0.29) is 24.5 Å². The van der Waals surface area contributed by atoms with Crippen LogP contribution in [0.2, 0.25) is 0 Å². The van der Waals surface area contributed by atoms with Crippen LogP contribution in [0, 0.1) is 12.8 Å². The number of aryl methyl sites for hydroxylation is 1. The molecule has 0 bridgehead atoms. The summed E-state index contributed by atoms with van der Waals surface area (Å²) in [6, 6.07) is 3.55. The fourth-order valence-corrected chi connectivity index (χ4v) is 4.79.